The summed E-state index contributed by atoms with van der Waals surface area (Å²) in [7, 11) is 8.10. The van der Waals surface area contributed by atoms with Gasteiger partial charge in [-0.15, -0.1) is 0 Å². The first-order valence-corrected chi connectivity index (χ1v) is 4.00. The van der Waals surface area contributed by atoms with Gasteiger partial charge in [0.05, 0.1) is 28.3 Å². The molecule has 0 saturated heterocycles. The second-order valence-electron chi connectivity index (χ2n) is 3.71. The fourth-order valence-electron chi connectivity index (χ4n) is 1.03. The predicted molar refractivity (Wildman–Crippen MR) is 63.9 cm³/mol. The molecule has 0 radical (unpaired) electrons. The number of benzene rings is 1. The Balaban J connectivity index is 0.00000144. The summed E-state index contributed by atoms with van der Waals surface area (Å²) >= 11 is 0. The summed E-state index contributed by atoms with van der Waals surface area (Å²) in [5, 5.41) is 0. The molecule has 0 aliphatic carbocycles. The molecule has 0 amide bonds. The second kappa shape index (κ2) is 4.86. The van der Waals surface area contributed by atoms with Crippen LogP contribution in [0.3, 0.4) is 0 Å². The fraction of sp³-hybridized carbons (Fsp3) is 0.400. The van der Waals surface area contributed by atoms with Crippen molar-refractivity contribution in [2.24, 2.45) is 0 Å². The normalized spacial score (nSPS) is 10.5. The molecule has 3 heteroatoms. The molecule has 0 aliphatic heterocycles. The van der Waals surface area contributed by atoms with Crippen LogP contribution in [0.25, 0.3) is 0 Å². The Labute approximate surface area is 97.1 Å². The summed E-state index contributed by atoms with van der Waals surface area (Å²) in [5.74, 6) is 0.909. The maximum absolute atomic E-state index is 5.07. The van der Waals surface area contributed by atoms with Gasteiger partial charge in [-0.05, 0) is 12.1 Å². The molecule has 2 nitrogen and oxygen atoms in total. The van der Waals surface area contributed by atoms with Crippen molar-refractivity contribution in [2.45, 2.75) is 0 Å². The molecule has 0 bridgehead atoms. The second-order valence-corrected chi connectivity index (χ2v) is 3.71. The summed E-state index contributed by atoms with van der Waals surface area (Å²) in [6, 6.07) is 8.13. The van der Waals surface area contributed by atoms with Crippen LogP contribution in [0.1, 0.15) is 0 Å². The van der Waals surface area contributed by atoms with E-state index in [1.165, 1.54) is 5.69 Å². The summed E-state index contributed by atoms with van der Waals surface area (Å²) in [6.07, 6.45) is 0. The van der Waals surface area contributed by atoms with Gasteiger partial charge in [0.1, 0.15) is 11.4 Å². The number of rotatable bonds is 2. The number of ether oxygens (including phenoxy) is 1. The van der Waals surface area contributed by atoms with Gasteiger partial charge >= 0.3 is 23.9 Å². The molecule has 0 N–H and O–H groups in total. The van der Waals surface area contributed by atoms with Gasteiger partial charge in [-0.3, -0.25) is 4.48 Å². The molecule has 0 atom stereocenters. The Morgan fingerprint density at radius 2 is 1.46 bits per heavy atom. The van der Waals surface area contributed by atoms with Gasteiger partial charge in [-0.1, -0.05) is 0 Å². The molecular weight excluding hydrogens is 269 g/mol. The van der Waals surface area contributed by atoms with Crippen molar-refractivity contribution in [3.63, 3.8) is 0 Å². The number of quaternary nitrogens is 1. The molecule has 74 valence electrons. The van der Waals surface area contributed by atoms with Crippen LogP contribution in [0.5, 0.6) is 5.75 Å². The van der Waals surface area contributed by atoms with E-state index in [0.717, 1.165) is 10.2 Å². The molecule has 0 spiro atoms. The van der Waals surface area contributed by atoms with Gasteiger partial charge in [0.15, 0.2) is 0 Å². The van der Waals surface area contributed by atoms with Crippen LogP contribution >= 0.6 is 0 Å². The molecule has 0 unspecified atom stereocenters. The quantitative estimate of drug-likeness (QED) is 0.567. The van der Waals surface area contributed by atoms with E-state index < -0.39 is 0 Å². The molecule has 13 heavy (non-hydrogen) atoms. The topological polar surface area (TPSA) is 9.23 Å². The van der Waals surface area contributed by atoms with Crippen LogP contribution < -0.4 is 9.22 Å². The first kappa shape index (κ1) is 12.8. The molecule has 1 rings (SSSR count). The first-order chi connectivity index (χ1) is 5.54. The predicted octanol–water partition coefficient (Wildman–Crippen LogP) is 0.440. The van der Waals surface area contributed by atoms with Crippen molar-refractivity contribution in [1.29, 1.82) is 0 Å². The van der Waals surface area contributed by atoms with Crippen LogP contribution in [0.15, 0.2) is 24.3 Å². The zero-order valence-corrected chi connectivity index (χ0v) is 8.16. The van der Waals surface area contributed by atoms with Gasteiger partial charge in [0.2, 0.25) is 0 Å². The van der Waals surface area contributed by atoms with E-state index in [1.54, 1.807) is 7.11 Å². The van der Waals surface area contributed by atoms with Gasteiger partial charge in [0, 0.05) is 12.1 Å². The van der Waals surface area contributed by atoms with Crippen molar-refractivity contribution < 1.29 is 4.74 Å². The van der Waals surface area contributed by atoms with E-state index in [0.29, 0.717) is 0 Å². The molecule has 0 heterocycles. The molecule has 0 saturated carbocycles. The number of methoxy groups -OCH3 is 1. The molecule has 0 fully saturated rings. The number of hydrogen-bond donors (Lipinski definition) is 0. The Bertz CT molecular complexity index is 251. The number of hydrogen-bond acceptors (Lipinski definition) is 1. The number of nitrogens with zero attached hydrogens (tertiary/aromatic N) is 1. The van der Waals surface area contributed by atoms with Crippen LogP contribution in [-0.2, 0) is 0 Å². The maximum atomic E-state index is 5.07. The zero-order valence-electron chi connectivity index (χ0n) is 8.16. The van der Waals surface area contributed by atoms with Crippen molar-refractivity contribution in [1.82, 2.24) is 4.48 Å². The Morgan fingerprint density at radius 3 is 1.77 bits per heavy atom. The van der Waals surface area contributed by atoms with E-state index in [1.807, 2.05) is 12.1 Å². The average Bonchev–Trinajstić information content (AvgIpc) is 2.03. The SMILES string of the molecule is COc1ccc([N+](C)(C)C)cc1.[SnH4]. The Morgan fingerprint density at radius 1 is 1.00 bits per heavy atom. The first-order valence-electron chi connectivity index (χ1n) is 4.00. The van der Waals surface area contributed by atoms with Gasteiger partial charge in [-0.2, -0.15) is 0 Å². The van der Waals surface area contributed by atoms with Gasteiger partial charge < -0.3 is 4.74 Å². The van der Waals surface area contributed by atoms with Gasteiger partial charge in [0.25, 0.3) is 0 Å². The minimum absolute atomic E-state index is 0. The third-order valence-corrected chi connectivity index (χ3v) is 1.85. The molecule has 1 aromatic rings. The molecule has 0 aliphatic rings. The summed E-state index contributed by atoms with van der Waals surface area (Å²) < 4.78 is 5.91. The third-order valence-electron chi connectivity index (χ3n) is 1.85. The zero-order chi connectivity index (χ0) is 9.19. The summed E-state index contributed by atoms with van der Waals surface area (Å²) in [4.78, 5) is 0. The third kappa shape index (κ3) is 3.56. The van der Waals surface area contributed by atoms with E-state index in [2.05, 4.69) is 33.3 Å². The summed E-state index contributed by atoms with van der Waals surface area (Å²) in [5.41, 5.74) is 1.27. The Hall–Kier alpha value is -0.221. The fourth-order valence-corrected chi connectivity index (χ4v) is 1.03. The van der Waals surface area contributed by atoms with E-state index in [9.17, 15) is 0 Å². The molecule has 1 aromatic carbocycles. The van der Waals surface area contributed by atoms with Crippen molar-refractivity contribution in [3.05, 3.63) is 24.3 Å². The van der Waals surface area contributed by atoms with E-state index >= 15 is 0 Å². The molecular formula is C10H20NOSn+. The monoisotopic (exact) mass is 290 g/mol. The summed E-state index contributed by atoms with van der Waals surface area (Å²) in [6.45, 7) is 0. The van der Waals surface area contributed by atoms with E-state index in [-0.39, 0.29) is 23.9 Å². The van der Waals surface area contributed by atoms with E-state index in [4.69, 9.17) is 4.74 Å². The van der Waals surface area contributed by atoms with Crippen LogP contribution in [0, 0.1) is 0 Å². The Kier molecular flexibility index (Phi) is 4.78. The molecule has 0 aromatic heterocycles. The standard InChI is InChI=1S/C10H16NO.Sn.4H/c1-11(2,3)9-5-7-10(12-4)8-6-9;;;;;/h5-8H,1-4H3;;;;;/q+1;;;;;. The van der Waals surface area contributed by atoms with Crippen molar-refractivity contribution in [2.75, 3.05) is 28.3 Å². The average molecular weight is 289 g/mol. The van der Waals surface area contributed by atoms with Crippen molar-refractivity contribution in [3.8, 4) is 5.75 Å². The minimum atomic E-state index is 0. The van der Waals surface area contributed by atoms with Crippen LogP contribution in [0.2, 0.25) is 0 Å². The van der Waals surface area contributed by atoms with Gasteiger partial charge in [-0.25, -0.2) is 0 Å². The van der Waals surface area contributed by atoms with Crippen LogP contribution in [0.4, 0.5) is 5.69 Å². The van der Waals surface area contributed by atoms with Crippen molar-refractivity contribution >= 4 is 29.6 Å². The van der Waals surface area contributed by atoms with Crippen LogP contribution in [-0.4, -0.2) is 52.2 Å².